The Kier molecular flexibility index (Phi) is 3.03. The lowest BCUT2D eigenvalue weighted by Gasteiger charge is -2.28. The Morgan fingerprint density at radius 3 is 3.05 bits per heavy atom. The van der Waals surface area contributed by atoms with E-state index in [1.54, 1.807) is 6.07 Å². The van der Waals surface area contributed by atoms with E-state index in [0.717, 1.165) is 11.1 Å². The van der Waals surface area contributed by atoms with Crippen molar-refractivity contribution < 1.29 is 19.1 Å². The van der Waals surface area contributed by atoms with Gasteiger partial charge in [0.05, 0.1) is 5.92 Å². The Bertz CT molecular complexity index is 591. The lowest BCUT2D eigenvalue weighted by atomic mass is 9.78. The van der Waals surface area contributed by atoms with Gasteiger partial charge in [-0.1, -0.05) is 17.7 Å². The number of carbonyl (C=O) groups is 2. The van der Waals surface area contributed by atoms with Crippen LogP contribution in [0.1, 0.15) is 17.0 Å². The van der Waals surface area contributed by atoms with Gasteiger partial charge >= 0.3 is 11.9 Å². The van der Waals surface area contributed by atoms with Crippen molar-refractivity contribution in [2.75, 3.05) is 13.2 Å². The van der Waals surface area contributed by atoms with Gasteiger partial charge in [0.1, 0.15) is 13.2 Å². The predicted octanol–water partition coefficient (Wildman–Crippen LogP) is 2.01. The first-order chi connectivity index (χ1) is 9.13. The van der Waals surface area contributed by atoms with Crippen molar-refractivity contribution >= 4 is 23.5 Å². The summed E-state index contributed by atoms with van der Waals surface area (Å²) in [6, 6.07) is 5.54. The number of hydrogen-bond donors (Lipinski definition) is 0. The van der Waals surface area contributed by atoms with E-state index in [4.69, 9.17) is 21.1 Å². The molecule has 4 nitrogen and oxygen atoms in total. The summed E-state index contributed by atoms with van der Waals surface area (Å²) in [7, 11) is 0. The standard InChI is InChI=1S/C14H11ClO4/c15-10-2-1-9-4-12(11(9)5-10)14(17)19-7-8-3-13(16)18-6-8/h1-3,5,12H,4,6-7H2. The van der Waals surface area contributed by atoms with E-state index >= 15 is 0 Å². The van der Waals surface area contributed by atoms with Crippen LogP contribution in [0.3, 0.4) is 0 Å². The molecule has 0 amide bonds. The van der Waals surface area contributed by atoms with E-state index in [2.05, 4.69) is 0 Å². The number of fused-ring (bicyclic) bond motifs is 1. The molecule has 0 aromatic heterocycles. The van der Waals surface area contributed by atoms with Crippen molar-refractivity contribution in [1.82, 2.24) is 0 Å². The summed E-state index contributed by atoms with van der Waals surface area (Å²) in [6.07, 6.45) is 2.04. The van der Waals surface area contributed by atoms with Gasteiger partial charge in [0.25, 0.3) is 0 Å². The molecule has 3 rings (SSSR count). The van der Waals surface area contributed by atoms with Crippen molar-refractivity contribution in [3.8, 4) is 0 Å². The largest absolute Gasteiger partial charge is 0.461 e. The van der Waals surface area contributed by atoms with Crippen LogP contribution in [0.4, 0.5) is 0 Å². The molecule has 98 valence electrons. The summed E-state index contributed by atoms with van der Waals surface area (Å²) in [5.41, 5.74) is 2.75. The third kappa shape index (κ3) is 2.36. The maximum absolute atomic E-state index is 11.9. The zero-order valence-electron chi connectivity index (χ0n) is 10.0. The molecular formula is C14H11ClO4. The fourth-order valence-electron chi connectivity index (χ4n) is 2.25. The van der Waals surface area contributed by atoms with E-state index < -0.39 is 0 Å². The molecule has 1 aromatic carbocycles. The molecule has 1 aliphatic heterocycles. The Labute approximate surface area is 115 Å². The maximum atomic E-state index is 11.9. The highest BCUT2D eigenvalue weighted by molar-refractivity contribution is 6.30. The monoisotopic (exact) mass is 278 g/mol. The summed E-state index contributed by atoms with van der Waals surface area (Å²) in [5.74, 6) is -0.908. The summed E-state index contributed by atoms with van der Waals surface area (Å²) in [4.78, 5) is 22.8. The summed E-state index contributed by atoms with van der Waals surface area (Å²) in [6.45, 7) is 0.316. The zero-order valence-corrected chi connectivity index (χ0v) is 10.8. The second kappa shape index (κ2) is 4.70. The van der Waals surface area contributed by atoms with E-state index in [0.29, 0.717) is 17.0 Å². The number of hydrogen-bond acceptors (Lipinski definition) is 4. The Hall–Kier alpha value is -1.81. The number of rotatable bonds is 3. The third-order valence-electron chi connectivity index (χ3n) is 3.31. The average molecular weight is 279 g/mol. The van der Waals surface area contributed by atoms with E-state index in [1.165, 1.54) is 6.08 Å². The van der Waals surface area contributed by atoms with Gasteiger partial charge in [-0.05, 0) is 29.7 Å². The number of benzene rings is 1. The van der Waals surface area contributed by atoms with Crippen LogP contribution in [-0.4, -0.2) is 25.2 Å². The summed E-state index contributed by atoms with van der Waals surface area (Å²) < 4.78 is 9.92. The smallest absolute Gasteiger partial charge is 0.331 e. The van der Waals surface area contributed by atoms with Gasteiger partial charge in [-0.3, -0.25) is 4.79 Å². The van der Waals surface area contributed by atoms with Gasteiger partial charge in [-0.25, -0.2) is 4.79 Å². The van der Waals surface area contributed by atoms with Crippen LogP contribution in [0, 0.1) is 0 Å². The fraction of sp³-hybridized carbons (Fsp3) is 0.286. The van der Waals surface area contributed by atoms with Gasteiger partial charge in [-0.15, -0.1) is 0 Å². The predicted molar refractivity (Wildman–Crippen MR) is 67.9 cm³/mol. The minimum atomic E-state index is -0.383. The highest BCUT2D eigenvalue weighted by atomic mass is 35.5. The van der Waals surface area contributed by atoms with Crippen LogP contribution in [0.5, 0.6) is 0 Å². The van der Waals surface area contributed by atoms with Crippen LogP contribution in [0.25, 0.3) is 0 Å². The molecule has 0 N–H and O–H groups in total. The molecule has 2 aliphatic rings. The van der Waals surface area contributed by atoms with Crippen LogP contribution in [-0.2, 0) is 25.5 Å². The first-order valence-corrected chi connectivity index (χ1v) is 6.32. The molecule has 0 radical (unpaired) electrons. The minimum absolute atomic E-state index is 0.108. The van der Waals surface area contributed by atoms with E-state index in [-0.39, 0.29) is 31.1 Å². The molecule has 1 unspecified atom stereocenters. The number of halogens is 1. The zero-order chi connectivity index (χ0) is 13.4. The quantitative estimate of drug-likeness (QED) is 0.794. The summed E-state index contributed by atoms with van der Waals surface area (Å²) in [5, 5.41) is 0.619. The molecule has 19 heavy (non-hydrogen) atoms. The fourth-order valence-corrected chi connectivity index (χ4v) is 2.43. The van der Waals surface area contributed by atoms with Crippen molar-refractivity contribution in [3.63, 3.8) is 0 Å². The van der Waals surface area contributed by atoms with Crippen LogP contribution in [0.2, 0.25) is 5.02 Å². The number of cyclic esters (lactones) is 1. The molecule has 5 heteroatoms. The molecule has 1 atom stereocenters. The van der Waals surface area contributed by atoms with E-state index in [9.17, 15) is 9.59 Å². The normalized spacial score (nSPS) is 20.2. The first-order valence-electron chi connectivity index (χ1n) is 5.94. The topological polar surface area (TPSA) is 52.6 Å². The van der Waals surface area contributed by atoms with Crippen LogP contribution < -0.4 is 0 Å². The number of carbonyl (C=O) groups excluding carboxylic acids is 2. The molecule has 0 spiro atoms. The van der Waals surface area contributed by atoms with Crippen molar-refractivity contribution in [1.29, 1.82) is 0 Å². The second-order valence-corrected chi connectivity index (χ2v) is 5.05. The average Bonchev–Trinajstić information content (AvgIpc) is 2.77. The lowest BCUT2D eigenvalue weighted by molar-refractivity contribution is -0.145. The molecular weight excluding hydrogens is 268 g/mol. The highest BCUT2D eigenvalue weighted by Gasteiger charge is 2.33. The van der Waals surface area contributed by atoms with Crippen LogP contribution >= 0.6 is 11.6 Å². The molecule has 0 bridgehead atoms. The van der Waals surface area contributed by atoms with Crippen LogP contribution in [0.15, 0.2) is 29.8 Å². The minimum Gasteiger partial charge on any atom is -0.461 e. The van der Waals surface area contributed by atoms with Crippen molar-refractivity contribution in [2.24, 2.45) is 0 Å². The Balaban J connectivity index is 1.61. The molecule has 0 saturated heterocycles. The lowest BCUT2D eigenvalue weighted by Crippen LogP contribution is -2.27. The van der Waals surface area contributed by atoms with Gasteiger partial charge in [0, 0.05) is 16.7 Å². The number of ether oxygens (including phenoxy) is 2. The van der Waals surface area contributed by atoms with Gasteiger partial charge in [0.15, 0.2) is 0 Å². The van der Waals surface area contributed by atoms with E-state index in [1.807, 2.05) is 12.1 Å². The van der Waals surface area contributed by atoms with Gasteiger partial charge in [0.2, 0.25) is 0 Å². The first kappa shape index (κ1) is 12.2. The molecule has 0 saturated carbocycles. The van der Waals surface area contributed by atoms with Gasteiger partial charge < -0.3 is 9.47 Å². The summed E-state index contributed by atoms with van der Waals surface area (Å²) >= 11 is 5.90. The SMILES string of the molecule is O=C1C=C(COC(=O)C2Cc3ccc(Cl)cc32)CO1. The molecule has 0 fully saturated rings. The molecule has 1 aliphatic carbocycles. The second-order valence-electron chi connectivity index (χ2n) is 4.62. The third-order valence-corrected chi connectivity index (χ3v) is 3.55. The van der Waals surface area contributed by atoms with Crippen molar-refractivity contribution in [3.05, 3.63) is 46.0 Å². The number of esters is 2. The Morgan fingerprint density at radius 1 is 1.47 bits per heavy atom. The molecule has 1 heterocycles. The van der Waals surface area contributed by atoms with Crippen molar-refractivity contribution in [2.45, 2.75) is 12.3 Å². The maximum Gasteiger partial charge on any atom is 0.331 e. The molecule has 1 aromatic rings. The van der Waals surface area contributed by atoms with Gasteiger partial charge in [-0.2, -0.15) is 0 Å². The highest BCUT2D eigenvalue weighted by Crippen LogP contribution is 2.37. The Morgan fingerprint density at radius 2 is 2.32 bits per heavy atom.